The van der Waals surface area contributed by atoms with E-state index in [4.69, 9.17) is 16.3 Å². The molecule has 0 saturated carbocycles. The second-order valence-electron chi connectivity index (χ2n) is 5.18. The van der Waals surface area contributed by atoms with Crippen molar-refractivity contribution in [2.45, 2.75) is 4.90 Å². The van der Waals surface area contributed by atoms with Gasteiger partial charge in [-0.1, -0.05) is 35.5 Å². The number of ether oxygens (including phenoxy) is 1. The number of benzene rings is 2. The summed E-state index contributed by atoms with van der Waals surface area (Å²) in [5, 5.41) is 6.11. The molecular formula is C16H14ClN3O4S2. The van der Waals surface area contributed by atoms with Gasteiger partial charge in [0.05, 0.1) is 23.6 Å². The van der Waals surface area contributed by atoms with Gasteiger partial charge < -0.3 is 15.4 Å². The number of methoxy groups -OCH3 is 1. The Morgan fingerprint density at radius 1 is 1.31 bits per heavy atom. The predicted octanol–water partition coefficient (Wildman–Crippen LogP) is 3.19. The highest BCUT2D eigenvalue weighted by Gasteiger charge is 2.24. The van der Waals surface area contributed by atoms with E-state index in [0.717, 1.165) is 11.8 Å². The molecule has 0 spiro atoms. The normalized spacial score (nSPS) is 14.6. The minimum absolute atomic E-state index is 0.0207. The van der Waals surface area contributed by atoms with Crippen molar-refractivity contribution in [3.05, 3.63) is 47.5 Å². The van der Waals surface area contributed by atoms with Gasteiger partial charge in [-0.25, -0.2) is 0 Å². The number of hydrogen-bond donors (Lipinski definition) is 2. The maximum absolute atomic E-state index is 12.1. The van der Waals surface area contributed by atoms with Crippen LogP contribution in [0.2, 0.25) is 5.02 Å². The Bertz CT molecular complexity index is 993. The van der Waals surface area contributed by atoms with Crippen molar-refractivity contribution in [3.63, 3.8) is 0 Å². The number of thioether (sulfide) groups is 1. The van der Waals surface area contributed by atoms with Gasteiger partial charge in [-0.15, -0.1) is 4.40 Å². The maximum atomic E-state index is 12.1. The minimum Gasteiger partial charge on any atom is -0.495 e. The highest BCUT2D eigenvalue weighted by molar-refractivity contribution is 8.15. The van der Waals surface area contributed by atoms with Crippen molar-refractivity contribution in [1.82, 2.24) is 0 Å². The van der Waals surface area contributed by atoms with Crippen molar-refractivity contribution in [2.24, 2.45) is 4.40 Å². The summed E-state index contributed by atoms with van der Waals surface area (Å²) in [6.07, 6.45) is 0. The van der Waals surface area contributed by atoms with E-state index in [1.165, 1.54) is 13.2 Å². The fourth-order valence-electron chi connectivity index (χ4n) is 2.23. The summed E-state index contributed by atoms with van der Waals surface area (Å²) in [6, 6.07) is 11.3. The van der Waals surface area contributed by atoms with E-state index in [-0.39, 0.29) is 21.7 Å². The zero-order chi connectivity index (χ0) is 18.7. The topological polar surface area (TPSA) is 96.9 Å². The van der Waals surface area contributed by atoms with Crippen molar-refractivity contribution in [1.29, 1.82) is 0 Å². The van der Waals surface area contributed by atoms with Crippen LogP contribution in [0, 0.1) is 0 Å². The third kappa shape index (κ3) is 4.12. The molecular weight excluding hydrogens is 398 g/mol. The number of sulfonamides is 1. The number of amides is 1. The standard InChI is InChI=1S/C16H14ClN3O4S2/c1-24-13-7-6-10(8-11(13)17)18-15(21)9-25-16-19-12-4-2-3-5-14(12)26(22,23)20-16/h2-8H,9H2,1H3,(H,18,21)(H,19,20). The number of hydrogen-bond acceptors (Lipinski definition) is 6. The largest absolute Gasteiger partial charge is 0.495 e. The van der Waals surface area contributed by atoms with E-state index >= 15 is 0 Å². The van der Waals surface area contributed by atoms with Crippen LogP contribution in [-0.4, -0.2) is 32.4 Å². The molecule has 1 aliphatic heterocycles. The molecule has 0 bridgehead atoms. The van der Waals surface area contributed by atoms with Crippen LogP contribution in [-0.2, 0) is 14.8 Å². The summed E-state index contributed by atoms with van der Waals surface area (Å²) in [5.74, 6) is 0.161. The van der Waals surface area contributed by atoms with E-state index in [2.05, 4.69) is 15.0 Å². The lowest BCUT2D eigenvalue weighted by atomic mass is 10.3. The van der Waals surface area contributed by atoms with Crippen LogP contribution in [0.1, 0.15) is 0 Å². The lowest BCUT2D eigenvalue weighted by Gasteiger charge is -2.17. The van der Waals surface area contributed by atoms with Gasteiger partial charge in [0.2, 0.25) is 5.91 Å². The molecule has 1 aliphatic rings. The van der Waals surface area contributed by atoms with E-state index in [1.807, 2.05) is 0 Å². The van der Waals surface area contributed by atoms with E-state index in [0.29, 0.717) is 22.1 Å². The van der Waals surface area contributed by atoms with Crippen LogP contribution in [0.25, 0.3) is 0 Å². The number of nitrogens with one attached hydrogen (secondary N) is 2. The SMILES string of the molecule is COc1ccc(NC(=O)CSC2=NS(=O)(=O)c3ccccc3N2)cc1Cl. The van der Waals surface area contributed by atoms with Gasteiger partial charge >= 0.3 is 0 Å². The average molecular weight is 412 g/mol. The number of rotatable bonds is 4. The Labute approximate surface area is 159 Å². The smallest absolute Gasteiger partial charge is 0.286 e. The molecule has 0 radical (unpaired) electrons. The number of para-hydroxylation sites is 1. The van der Waals surface area contributed by atoms with Gasteiger partial charge in [-0.3, -0.25) is 4.79 Å². The monoisotopic (exact) mass is 411 g/mol. The fourth-order valence-corrected chi connectivity index (χ4v) is 4.52. The third-order valence-corrected chi connectivity index (χ3v) is 6.00. The molecule has 10 heteroatoms. The van der Waals surface area contributed by atoms with Crippen LogP contribution in [0.15, 0.2) is 51.8 Å². The summed E-state index contributed by atoms with van der Waals surface area (Å²) < 4.78 is 33.0. The Kier molecular flexibility index (Phi) is 5.40. The van der Waals surface area contributed by atoms with Gasteiger partial charge in [-0.05, 0) is 30.3 Å². The molecule has 1 amide bonds. The molecule has 0 aliphatic carbocycles. The number of amidine groups is 1. The molecule has 0 fully saturated rings. The molecule has 1 heterocycles. The molecule has 136 valence electrons. The quantitative estimate of drug-likeness (QED) is 0.801. The highest BCUT2D eigenvalue weighted by Crippen LogP contribution is 2.29. The number of nitrogens with zero attached hydrogens (tertiary/aromatic N) is 1. The second-order valence-corrected chi connectivity index (χ2v) is 8.12. The Balaban J connectivity index is 1.64. The Morgan fingerprint density at radius 2 is 2.08 bits per heavy atom. The lowest BCUT2D eigenvalue weighted by Crippen LogP contribution is -2.22. The molecule has 7 nitrogen and oxygen atoms in total. The first-order chi connectivity index (χ1) is 12.4. The molecule has 3 rings (SSSR count). The number of halogens is 1. The summed E-state index contributed by atoms with van der Waals surface area (Å²) in [6.45, 7) is 0. The van der Waals surface area contributed by atoms with Crippen molar-refractivity contribution >= 4 is 55.8 Å². The van der Waals surface area contributed by atoms with E-state index in [9.17, 15) is 13.2 Å². The summed E-state index contributed by atoms with van der Waals surface area (Å²) in [4.78, 5) is 12.2. The fraction of sp³-hybridized carbons (Fsp3) is 0.125. The Hall–Kier alpha value is -2.23. The van der Waals surface area contributed by atoms with Gasteiger partial charge in [0, 0.05) is 5.69 Å². The predicted molar refractivity (Wildman–Crippen MR) is 104 cm³/mol. The zero-order valence-corrected chi connectivity index (χ0v) is 15.9. The summed E-state index contributed by atoms with van der Waals surface area (Å²) >= 11 is 7.01. The molecule has 26 heavy (non-hydrogen) atoms. The molecule has 0 saturated heterocycles. The average Bonchev–Trinajstić information content (AvgIpc) is 2.60. The first-order valence-electron chi connectivity index (χ1n) is 7.36. The van der Waals surface area contributed by atoms with E-state index in [1.54, 1.807) is 36.4 Å². The van der Waals surface area contributed by atoms with Crippen molar-refractivity contribution in [3.8, 4) is 5.75 Å². The van der Waals surface area contributed by atoms with Crippen LogP contribution in [0.3, 0.4) is 0 Å². The molecule has 2 aromatic rings. The molecule has 0 atom stereocenters. The van der Waals surface area contributed by atoms with Gasteiger partial charge in [-0.2, -0.15) is 8.42 Å². The van der Waals surface area contributed by atoms with Gasteiger partial charge in [0.15, 0.2) is 5.17 Å². The zero-order valence-electron chi connectivity index (χ0n) is 13.5. The summed E-state index contributed by atoms with van der Waals surface area (Å²) in [7, 11) is -2.27. The number of fused-ring (bicyclic) bond motifs is 1. The van der Waals surface area contributed by atoms with Gasteiger partial charge in [0.25, 0.3) is 10.0 Å². The van der Waals surface area contributed by atoms with Crippen LogP contribution in [0.5, 0.6) is 5.75 Å². The first kappa shape index (κ1) is 18.6. The van der Waals surface area contributed by atoms with Crippen LogP contribution >= 0.6 is 23.4 Å². The maximum Gasteiger partial charge on any atom is 0.286 e. The van der Waals surface area contributed by atoms with Crippen molar-refractivity contribution < 1.29 is 17.9 Å². The second kappa shape index (κ2) is 7.56. The molecule has 2 aromatic carbocycles. The number of carbonyl (C=O) groups is 1. The molecule has 0 aromatic heterocycles. The molecule has 0 unspecified atom stereocenters. The Morgan fingerprint density at radius 3 is 2.81 bits per heavy atom. The first-order valence-corrected chi connectivity index (χ1v) is 10.2. The van der Waals surface area contributed by atoms with Gasteiger partial charge in [0.1, 0.15) is 10.6 Å². The van der Waals surface area contributed by atoms with E-state index < -0.39 is 10.0 Å². The third-order valence-electron chi connectivity index (χ3n) is 3.39. The number of anilines is 2. The molecule has 2 N–H and O–H groups in total. The van der Waals surface area contributed by atoms with Crippen LogP contribution in [0.4, 0.5) is 11.4 Å². The van der Waals surface area contributed by atoms with Crippen molar-refractivity contribution in [2.75, 3.05) is 23.5 Å². The number of carbonyl (C=O) groups excluding carboxylic acids is 1. The minimum atomic E-state index is -3.77. The highest BCUT2D eigenvalue weighted by atomic mass is 35.5. The lowest BCUT2D eigenvalue weighted by molar-refractivity contribution is -0.113. The van der Waals surface area contributed by atoms with Crippen LogP contribution < -0.4 is 15.4 Å². The summed E-state index contributed by atoms with van der Waals surface area (Å²) in [5.41, 5.74) is 0.949.